The molecule has 0 bridgehead atoms. The van der Waals surface area contributed by atoms with Crippen molar-refractivity contribution in [3.63, 3.8) is 0 Å². The average molecular weight is 451 g/mol. The Kier molecular flexibility index (Phi) is 6.35. The van der Waals surface area contributed by atoms with Gasteiger partial charge in [-0.1, -0.05) is 36.4 Å². The fraction of sp³-hybridized carbons (Fsp3) is 0.240. The summed E-state index contributed by atoms with van der Waals surface area (Å²) in [6.45, 7) is 1.29. The molecule has 0 spiro atoms. The van der Waals surface area contributed by atoms with Crippen LogP contribution in [0.4, 0.5) is 8.78 Å². The van der Waals surface area contributed by atoms with Gasteiger partial charge in [0.05, 0.1) is 0 Å². The topological polar surface area (TPSA) is 80.2 Å². The summed E-state index contributed by atoms with van der Waals surface area (Å²) >= 11 is 0. The van der Waals surface area contributed by atoms with Crippen LogP contribution in [-0.4, -0.2) is 16.4 Å². The Hall–Kier alpha value is -3.81. The third-order valence-corrected chi connectivity index (χ3v) is 5.60. The van der Waals surface area contributed by atoms with Crippen LogP contribution in [0.5, 0.6) is 0 Å². The number of halogens is 2. The predicted molar refractivity (Wildman–Crippen MR) is 119 cm³/mol. The van der Waals surface area contributed by atoms with Crippen molar-refractivity contribution < 1.29 is 18.4 Å². The summed E-state index contributed by atoms with van der Waals surface area (Å²) in [4.78, 5) is 38.5. The van der Waals surface area contributed by atoms with E-state index in [-0.39, 0.29) is 34.8 Å². The number of nitrogens with one attached hydrogen (secondary N) is 2. The first-order chi connectivity index (χ1) is 15.8. The standard InChI is InChI=1S/C25H23F2N3O3/c1-15-7-10-21(26)18(22(15)27)12-29-25(33)20-14-30(17-8-9-17)13-19(23(20)31)24(32)28-11-16-5-3-2-4-6-16/h2-7,10,13-14,17H,8-9,11-12H2,1H3,(H,28,32)(H,29,33). The molecule has 1 aliphatic carbocycles. The number of rotatable bonds is 7. The van der Waals surface area contributed by atoms with Crippen LogP contribution in [0.25, 0.3) is 0 Å². The maximum absolute atomic E-state index is 14.3. The molecule has 2 aromatic carbocycles. The summed E-state index contributed by atoms with van der Waals surface area (Å²) < 4.78 is 30.0. The van der Waals surface area contributed by atoms with E-state index >= 15 is 0 Å². The number of hydrogen-bond acceptors (Lipinski definition) is 3. The quantitative estimate of drug-likeness (QED) is 0.576. The average Bonchev–Trinajstić information content (AvgIpc) is 3.66. The Labute approximate surface area is 189 Å². The molecule has 3 aromatic rings. The molecule has 170 valence electrons. The molecular formula is C25H23F2N3O3. The first-order valence-corrected chi connectivity index (χ1v) is 10.6. The molecule has 0 unspecified atom stereocenters. The molecule has 1 saturated carbocycles. The smallest absolute Gasteiger partial charge is 0.257 e. The molecule has 0 saturated heterocycles. The largest absolute Gasteiger partial charge is 0.349 e. The maximum Gasteiger partial charge on any atom is 0.257 e. The first kappa shape index (κ1) is 22.4. The van der Waals surface area contributed by atoms with Gasteiger partial charge in [0.25, 0.3) is 11.8 Å². The Morgan fingerprint density at radius 2 is 1.55 bits per heavy atom. The summed E-state index contributed by atoms with van der Waals surface area (Å²) in [5, 5.41) is 5.12. The van der Waals surface area contributed by atoms with E-state index in [1.807, 2.05) is 30.3 Å². The summed E-state index contributed by atoms with van der Waals surface area (Å²) in [7, 11) is 0. The fourth-order valence-corrected chi connectivity index (χ4v) is 3.52. The van der Waals surface area contributed by atoms with E-state index in [0.717, 1.165) is 24.5 Å². The van der Waals surface area contributed by atoms with Crippen molar-refractivity contribution in [2.75, 3.05) is 0 Å². The lowest BCUT2D eigenvalue weighted by Gasteiger charge is -2.13. The Morgan fingerprint density at radius 3 is 2.15 bits per heavy atom. The van der Waals surface area contributed by atoms with Gasteiger partial charge >= 0.3 is 0 Å². The lowest BCUT2D eigenvalue weighted by Crippen LogP contribution is -2.35. The molecule has 1 aliphatic rings. The van der Waals surface area contributed by atoms with Crippen molar-refractivity contribution in [2.45, 2.75) is 38.9 Å². The highest BCUT2D eigenvalue weighted by atomic mass is 19.1. The number of aryl methyl sites for hydroxylation is 1. The second kappa shape index (κ2) is 9.36. The molecule has 6 nitrogen and oxygen atoms in total. The van der Waals surface area contributed by atoms with Gasteiger partial charge in [-0.15, -0.1) is 0 Å². The van der Waals surface area contributed by atoms with Crippen molar-refractivity contribution in [1.82, 2.24) is 15.2 Å². The molecule has 33 heavy (non-hydrogen) atoms. The third-order valence-electron chi connectivity index (χ3n) is 5.60. The predicted octanol–water partition coefficient (Wildman–Crippen LogP) is 3.63. The number of pyridine rings is 1. The molecule has 8 heteroatoms. The molecule has 1 aromatic heterocycles. The Bertz CT molecular complexity index is 1270. The van der Waals surface area contributed by atoms with Crippen molar-refractivity contribution in [3.8, 4) is 0 Å². The van der Waals surface area contributed by atoms with Crippen LogP contribution in [0, 0.1) is 18.6 Å². The summed E-state index contributed by atoms with van der Waals surface area (Å²) in [6.07, 6.45) is 4.59. The molecule has 2 N–H and O–H groups in total. The van der Waals surface area contributed by atoms with E-state index in [1.54, 1.807) is 4.57 Å². The lowest BCUT2D eigenvalue weighted by molar-refractivity contribution is 0.0947. The van der Waals surface area contributed by atoms with Crippen LogP contribution >= 0.6 is 0 Å². The molecular weight excluding hydrogens is 428 g/mol. The van der Waals surface area contributed by atoms with E-state index < -0.39 is 35.4 Å². The summed E-state index contributed by atoms with van der Waals surface area (Å²) in [6, 6.07) is 11.8. The van der Waals surface area contributed by atoms with E-state index in [1.165, 1.54) is 25.4 Å². The highest BCUT2D eigenvalue weighted by Crippen LogP contribution is 2.34. The number of carbonyl (C=O) groups excluding carboxylic acids is 2. The normalized spacial score (nSPS) is 12.9. The van der Waals surface area contributed by atoms with Crippen molar-refractivity contribution in [3.05, 3.63) is 105 Å². The van der Waals surface area contributed by atoms with Gasteiger partial charge in [-0.2, -0.15) is 0 Å². The van der Waals surface area contributed by atoms with Crippen LogP contribution < -0.4 is 16.1 Å². The minimum absolute atomic E-state index is 0.101. The molecule has 2 amide bonds. The maximum atomic E-state index is 14.3. The minimum atomic E-state index is -0.799. The van der Waals surface area contributed by atoms with Crippen molar-refractivity contribution in [2.24, 2.45) is 0 Å². The zero-order chi connectivity index (χ0) is 23.5. The van der Waals surface area contributed by atoms with Gasteiger partial charge in [-0.05, 0) is 37.0 Å². The van der Waals surface area contributed by atoms with Crippen LogP contribution in [0.15, 0.2) is 59.7 Å². The number of aromatic nitrogens is 1. The molecule has 0 aliphatic heterocycles. The Morgan fingerprint density at radius 1 is 0.939 bits per heavy atom. The van der Waals surface area contributed by atoms with Gasteiger partial charge in [-0.3, -0.25) is 14.4 Å². The zero-order valence-electron chi connectivity index (χ0n) is 18.0. The van der Waals surface area contributed by atoms with Gasteiger partial charge in [0.1, 0.15) is 22.8 Å². The van der Waals surface area contributed by atoms with Crippen molar-refractivity contribution in [1.29, 1.82) is 0 Å². The number of benzene rings is 2. The van der Waals surface area contributed by atoms with Crippen molar-refractivity contribution >= 4 is 11.8 Å². The van der Waals surface area contributed by atoms with Crippen LogP contribution in [0.2, 0.25) is 0 Å². The second-order valence-electron chi connectivity index (χ2n) is 8.10. The van der Waals surface area contributed by atoms with Gasteiger partial charge in [0.2, 0.25) is 5.43 Å². The van der Waals surface area contributed by atoms with E-state index in [2.05, 4.69) is 10.6 Å². The van der Waals surface area contributed by atoms with Crippen LogP contribution in [-0.2, 0) is 13.1 Å². The van der Waals surface area contributed by atoms with Crippen LogP contribution in [0.1, 0.15) is 56.3 Å². The summed E-state index contributed by atoms with van der Waals surface area (Å²) in [5.74, 6) is -2.93. The fourth-order valence-electron chi connectivity index (χ4n) is 3.52. The SMILES string of the molecule is Cc1ccc(F)c(CNC(=O)c2cn(C3CC3)cc(C(=O)NCc3ccccc3)c2=O)c1F. The molecule has 1 heterocycles. The zero-order valence-corrected chi connectivity index (χ0v) is 18.0. The first-order valence-electron chi connectivity index (χ1n) is 10.6. The van der Waals surface area contributed by atoms with Gasteiger partial charge < -0.3 is 15.2 Å². The molecule has 4 rings (SSSR count). The number of carbonyl (C=O) groups is 2. The molecule has 0 radical (unpaired) electrons. The monoisotopic (exact) mass is 451 g/mol. The van der Waals surface area contributed by atoms with Gasteiger partial charge in [-0.25, -0.2) is 8.78 Å². The number of amides is 2. The highest BCUT2D eigenvalue weighted by molar-refractivity contribution is 5.99. The highest BCUT2D eigenvalue weighted by Gasteiger charge is 2.27. The second-order valence-corrected chi connectivity index (χ2v) is 8.10. The van der Waals surface area contributed by atoms with Gasteiger partial charge in [0.15, 0.2) is 0 Å². The van der Waals surface area contributed by atoms with Crippen LogP contribution in [0.3, 0.4) is 0 Å². The van der Waals surface area contributed by atoms with Gasteiger partial charge in [0, 0.05) is 37.1 Å². The Balaban J connectivity index is 1.57. The van der Waals surface area contributed by atoms with E-state index in [9.17, 15) is 23.2 Å². The third kappa shape index (κ3) is 5.00. The molecule has 0 atom stereocenters. The number of nitrogens with zero attached hydrogens (tertiary/aromatic N) is 1. The lowest BCUT2D eigenvalue weighted by atomic mass is 10.1. The summed E-state index contributed by atoms with van der Waals surface area (Å²) in [5.41, 5.74) is -0.317. The van der Waals surface area contributed by atoms with E-state index in [4.69, 9.17) is 0 Å². The minimum Gasteiger partial charge on any atom is -0.349 e. The number of hydrogen-bond donors (Lipinski definition) is 2. The van der Waals surface area contributed by atoms with E-state index in [0.29, 0.717) is 0 Å². The molecule has 1 fully saturated rings.